The second-order valence-corrected chi connectivity index (χ2v) is 7.52. The van der Waals surface area contributed by atoms with Crippen molar-refractivity contribution in [2.45, 2.75) is 37.8 Å². The molecule has 1 amide bonds. The molecule has 0 aliphatic carbocycles. The zero-order valence-electron chi connectivity index (χ0n) is 14.7. The number of sulfonamides is 1. The van der Waals surface area contributed by atoms with E-state index >= 15 is 0 Å². The van der Waals surface area contributed by atoms with Crippen molar-refractivity contribution in [3.8, 4) is 0 Å². The summed E-state index contributed by atoms with van der Waals surface area (Å²) in [5.74, 6) is -1.25. The summed E-state index contributed by atoms with van der Waals surface area (Å²) < 4.78 is 36.5. The van der Waals surface area contributed by atoms with Crippen molar-refractivity contribution >= 4 is 21.9 Å². The molecule has 1 unspecified atom stereocenters. The largest absolute Gasteiger partial charge is 0.452 e. The Morgan fingerprint density at radius 3 is 2.48 bits per heavy atom. The normalized spacial score (nSPS) is 12.7. The maximum Gasteiger partial charge on any atom is 0.338 e. The van der Waals surface area contributed by atoms with Gasteiger partial charge in [-0.25, -0.2) is 17.9 Å². The van der Waals surface area contributed by atoms with E-state index in [0.29, 0.717) is 6.61 Å². The lowest BCUT2D eigenvalue weighted by Gasteiger charge is -2.13. The summed E-state index contributed by atoms with van der Waals surface area (Å²) in [6.45, 7) is 5.01. The molecule has 0 spiro atoms. The fourth-order valence-electron chi connectivity index (χ4n) is 1.99. The highest BCUT2D eigenvalue weighted by molar-refractivity contribution is 7.89. The predicted molar refractivity (Wildman–Crippen MR) is 91.7 cm³/mol. The third-order valence-corrected chi connectivity index (χ3v) is 4.59. The Balaban J connectivity index is 2.71. The molecule has 0 saturated heterocycles. The van der Waals surface area contributed by atoms with Crippen LogP contribution in [0.5, 0.6) is 0 Å². The fourth-order valence-corrected chi connectivity index (χ4v) is 3.29. The Bertz CT molecular complexity index is 702. The van der Waals surface area contributed by atoms with Crippen molar-refractivity contribution in [2.75, 3.05) is 20.3 Å². The van der Waals surface area contributed by atoms with Crippen LogP contribution in [0.15, 0.2) is 29.2 Å². The Morgan fingerprint density at radius 2 is 1.88 bits per heavy atom. The Labute approximate surface area is 147 Å². The van der Waals surface area contributed by atoms with Crippen LogP contribution in [0, 0.1) is 0 Å². The van der Waals surface area contributed by atoms with Gasteiger partial charge >= 0.3 is 5.97 Å². The monoisotopic (exact) mass is 372 g/mol. The molecular weight excluding hydrogens is 348 g/mol. The fraction of sp³-hybridized carbons (Fsp3) is 0.500. The second kappa shape index (κ2) is 9.50. The van der Waals surface area contributed by atoms with Gasteiger partial charge in [0.1, 0.15) is 0 Å². The second-order valence-electron chi connectivity index (χ2n) is 5.80. The molecule has 0 fully saturated rings. The van der Waals surface area contributed by atoms with Gasteiger partial charge in [-0.2, -0.15) is 0 Å². The van der Waals surface area contributed by atoms with E-state index in [9.17, 15) is 18.0 Å². The number of rotatable bonds is 9. The number of hydrogen-bond acceptors (Lipinski definition) is 6. The predicted octanol–water partition coefficient (Wildman–Crippen LogP) is 0.681. The molecule has 0 aliphatic heterocycles. The molecule has 1 aromatic rings. The average molecular weight is 372 g/mol. The van der Waals surface area contributed by atoms with Gasteiger partial charge in [0.05, 0.1) is 17.1 Å². The van der Waals surface area contributed by atoms with Crippen molar-refractivity contribution in [1.82, 2.24) is 10.0 Å². The number of carbonyl (C=O) groups is 2. The molecule has 1 aromatic carbocycles. The van der Waals surface area contributed by atoms with E-state index in [-0.39, 0.29) is 22.5 Å². The van der Waals surface area contributed by atoms with Gasteiger partial charge in [0.25, 0.3) is 5.91 Å². The summed E-state index contributed by atoms with van der Waals surface area (Å²) in [5, 5.41) is 2.60. The summed E-state index contributed by atoms with van der Waals surface area (Å²) in [5.41, 5.74) is 0.0457. The van der Waals surface area contributed by atoms with Crippen LogP contribution in [0.1, 0.15) is 31.1 Å². The summed E-state index contributed by atoms with van der Waals surface area (Å²) in [6.07, 6.45) is 0. The molecule has 1 atom stereocenters. The highest BCUT2D eigenvalue weighted by Gasteiger charge is 2.18. The molecule has 1 rings (SSSR count). The molecule has 25 heavy (non-hydrogen) atoms. The van der Waals surface area contributed by atoms with Gasteiger partial charge in [-0.15, -0.1) is 0 Å². The maximum absolute atomic E-state index is 12.1. The van der Waals surface area contributed by atoms with Crippen LogP contribution in [0.25, 0.3) is 0 Å². The standard InChI is InChI=1S/C16H24N2O6S/c1-11(2)18-25(21,22)14-7-5-6-13(8-14)16(20)24-10-15(19)17-12(3)9-23-4/h5-8,11-12,18H,9-10H2,1-4H3,(H,17,19). The van der Waals surface area contributed by atoms with E-state index in [1.807, 2.05) is 0 Å². The van der Waals surface area contributed by atoms with Crippen molar-refractivity contribution in [3.05, 3.63) is 29.8 Å². The van der Waals surface area contributed by atoms with E-state index in [4.69, 9.17) is 9.47 Å². The number of hydrogen-bond donors (Lipinski definition) is 2. The van der Waals surface area contributed by atoms with Gasteiger partial charge in [-0.05, 0) is 39.0 Å². The molecular formula is C16H24N2O6S. The quantitative estimate of drug-likeness (QED) is 0.617. The molecule has 0 heterocycles. The number of methoxy groups -OCH3 is 1. The third kappa shape index (κ3) is 7.20. The van der Waals surface area contributed by atoms with Crippen molar-refractivity contribution in [1.29, 1.82) is 0 Å². The summed E-state index contributed by atoms with van der Waals surface area (Å²) in [6, 6.07) is 4.94. The SMILES string of the molecule is COCC(C)NC(=O)COC(=O)c1cccc(S(=O)(=O)NC(C)C)c1. The van der Waals surface area contributed by atoms with E-state index in [0.717, 1.165) is 0 Å². The van der Waals surface area contributed by atoms with Crippen LogP contribution < -0.4 is 10.0 Å². The zero-order chi connectivity index (χ0) is 19.0. The third-order valence-electron chi connectivity index (χ3n) is 2.93. The number of amides is 1. The van der Waals surface area contributed by atoms with Crippen LogP contribution >= 0.6 is 0 Å². The van der Waals surface area contributed by atoms with Crippen molar-refractivity contribution < 1.29 is 27.5 Å². The first-order chi connectivity index (χ1) is 11.7. The lowest BCUT2D eigenvalue weighted by molar-refractivity contribution is -0.125. The van der Waals surface area contributed by atoms with E-state index in [1.54, 1.807) is 20.8 Å². The zero-order valence-corrected chi connectivity index (χ0v) is 15.6. The van der Waals surface area contributed by atoms with Gasteiger partial charge in [0.15, 0.2) is 6.61 Å². The molecule has 0 bridgehead atoms. The molecule has 140 valence electrons. The number of ether oxygens (including phenoxy) is 2. The number of carbonyl (C=O) groups excluding carboxylic acids is 2. The van der Waals surface area contributed by atoms with Gasteiger partial charge in [0, 0.05) is 19.2 Å². The maximum atomic E-state index is 12.1. The van der Waals surface area contributed by atoms with E-state index < -0.39 is 28.5 Å². The molecule has 9 heteroatoms. The van der Waals surface area contributed by atoms with Crippen LogP contribution in [-0.2, 0) is 24.3 Å². The Hall–Kier alpha value is -1.97. The topological polar surface area (TPSA) is 111 Å². The van der Waals surface area contributed by atoms with Gasteiger partial charge in [-0.3, -0.25) is 4.79 Å². The first-order valence-electron chi connectivity index (χ1n) is 7.73. The Kier molecular flexibility index (Phi) is 8.01. The summed E-state index contributed by atoms with van der Waals surface area (Å²) >= 11 is 0. The van der Waals surface area contributed by atoms with Gasteiger partial charge < -0.3 is 14.8 Å². The van der Waals surface area contributed by atoms with E-state index in [1.165, 1.54) is 31.4 Å². The Morgan fingerprint density at radius 1 is 1.20 bits per heavy atom. The lowest BCUT2D eigenvalue weighted by atomic mass is 10.2. The summed E-state index contributed by atoms with van der Waals surface area (Å²) in [7, 11) is -2.21. The minimum Gasteiger partial charge on any atom is -0.452 e. The number of benzene rings is 1. The number of nitrogens with one attached hydrogen (secondary N) is 2. The molecule has 0 aromatic heterocycles. The van der Waals surface area contributed by atoms with Crippen LogP contribution in [0.3, 0.4) is 0 Å². The van der Waals surface area contributed by atoms with E-state index in [2.05, 4.69) is 10.0 Å². The first kappa shape index (κ1) is 21.1. The smallest absolute Gasteiger partial charge is 0.338 e. The minimum atomic E-state index is -3.72. The average Bonchev–Trinajstić information content (AvgIpc) is 2.51. The lowest BCUT2D eigenvalue weighted by Crippen LogP contribution is -2.38. The van der Waals surface area contributed by atoms with Crippen molar-refractivity contribution in [3.63, 3.8) is 0 Å². The minimum absolute atomic E-state index is 0.0457. The van der Waals surface area contributed by atoms with Crippen LogP contribution in [-0.4, -0.2) is 52.7 Å². The van der Waals surface area contributed by atoms with Gasteiger partial charge in [0.2, 0.25) is 10.0 Å². The molecule has 0 radical (unpaired) electrons. The van der Waals surface area contributed by atoms with Crippen LogP contribution in [0.4, 0.5) is 0 Å². The van der Waals surface area contributed by atoms with Crippen molar-refractivity contribution in [2.24, 2.45) is 0 Å². The first-order valence-corrected chi connectivity index (χ1v) is 9.22. The van der Waals surface area contributed by atoms with Crippen LogP contribution in [0.2, 0.25) is 0 Å². The highest BCUT2D eigenvalue weighted by atomic mass is 32.2. The molecule has 0 aliphatic rings. The molecule has 2 N–H and O–H groups in total. The molecule has 0 saturated carbocycles. The molecule has 8 nitrogen and oxygen atoms in total. The number of esters is 1. The summed E-state index contributed by atoms with van der Waals surface area (Å²) in [4.78, 5) is 23.6. The highest BCUT2D eigenvalue weighted by Crippen LogP contribution is 2.13. The van der Waals surface area contributed by atoms with Gasteiger partial charge in [-0.1, -0.05) is 6.07 Å².